The van der Waals surface area contributed by atoms with Gasteiger partial charge in [-0.3, -0.25) is 9.89 Å². The van der Waals surface area contributed by atoms with Gasteiger partial charge < -0.3 is 5.11 Å². The van der Waals surface area contributed by atoms with Gasteiger partial charge in [0, 0.05) is 18.0 Å². The first-order valence-corrected chi connectivity index (χ1v) is 3.90. The molecule has 2 aromatic rings. The van der Waals surface area contributed by atoms with Crippen LogP contribution in [0.25, 0.3) is 5.65 Å². The number of hydrogen-bond acceptors (Lipinski definition) is 3. The van der Waals surface area contributed by atoms with Gasteiger partial charge in [0.15, 0.2) is 5.65 Å². The van der Waals surface area contributed by atoms with Crippen molar-refractivity contribution in [1.29, 1.82) is 0 Å². The second kappa shape index (κ2) is 2.69. The molecule has 0 amide bonds. The van der Waals surface area contributed by atoms with Gasteiger partial charge in [-0.25, -0.2) is 14.3 Å². The summed E-state index contributed by atoms with van der Waals surface area (Å²) in [5.41, 5.74) is 0.291. The molecule has 0 unspecified atom stereocenters. The van der Waals surface area contributed by atoms with Crippen molar-refractivity contribution >= 4 is 11.6 Å². The Hall–Kier alpha value is -2.11. The molecule has 0 fully saturated rings. The van der Waals surface area contributed by atoms with Gasteiger partial charge in [-0.15, -0.1) is 0 Å². The molecule has 0 atom stereocenters. The Morgan fingerprint density at radius 1 is 1.64 bits per heavy atom. The van der Waals surface area contributed by atoms with E-state index in [1.807, 2.05) is 0 Å². The maximum absolute atomic E-state index is 11.5. The molecule has 0 radical (unpaired) electrons. The van der Waals surface area contributed by atoms with E-state index in [2.05, 4.69) is 10.1 Å². The van der Waals surface area contributed by atoms with E-state index in [4.69, 9.17) is 5.11 Å². The Balaban J connectivity index is 2.90. The van der Waals surface area contributed by atoms with Crippen LogP contribution in [0.15, 0.2) is 17.2 Å². The first kappa shape index (κ1) is 8.49. The number of nitrogens with zero attached hydrogens (tertiary/aromatic N) is 2. The van der Waals surface area contributed by atoms with Crippen molar-refractivity contribution in [2.45, 2.75) is 6.92 Å². The SMILES string of the molecule is Cc1c[nH]n2c(=O)c(C(=O)O)cnc12. The smallest absolute Gasteiger partial charge is 0.343 e. The molecular formula is C8H7N3O3. The van der Waals surface area contributed by atoms with E-state index < -0.39 is 11.5 Å². The summed E-state index contributed by atoms with van der Waals surface area (Å²) in [6.07, 6.45) is 2.66. The average molecular weight is 193 g/mol. The van der Waals surface area contributed by atoms with Crippen LogP contribution in [0.3, 0.4) is 0 Å². The third kappa shape index (κ3) is 1.00. The minimum atomic E-state index is -1.27. The Kier molecular flexibility index (Phi) is 1.63. The van der Waals surface area contributed by atoms with Gasteiger partial charge in [0.1, 0.15) is 5.56 Å². The Bertz CT molecular complexity index is 567. The topological polar surface area (TPSA) is 87.5 Å². The van der Waals surface area contributed by atoms with Crippen molar-refractivity contribution in [3.63, 3.8) is 0 Å². The van der Waals surface area contributed by atoms with E-state index in [9.17, 15) is 9.59 Å². The average Bonchev–Trinajstić information content (AvgIpc) is 2.49. The van der Waals surface area contributed by atoms with Gasteiger partial charge in [0.2, 0.25) is 0 Å². The lowest BCUT2D eigenvalue weighted by Gasteiger charge is -1.95. The summed E-state index contributed by atoms with van der Waals surface area (Å²) in [6.45, 7) is 1.78. The summed E-state index contributed by atoms with van der Waals surface area (Å²) in [5.74, 6) is -1.27. The molecule has 2 rings (SSSR count). The molecule has 0 aliphatic rings. The summed E-state index contributed by atoms with van der Waals surface area (Å²) in [7, 11) is 0. The largest absolute Gasteiger partial charge is 0.477 e. The Morgan fingerprint density at radius 2 is 2.36 bits per heavy atom. The van der Waals surface area contributed by atoms with Gasteiger partial charge in [0.05, 0.1) is 0 Å². The van der Waals surface area contributed by atoms with Crippen molar-refractivity contribution < 1.29 is 9.90 Å². The number of hydrogen-bond donors (Lipinski definition) is 2. The number of aryl methyl sites for hydroxylation is 1. The van der Waals surface area contributed by atoms with Gasteiger partial charge >= 0.3 is 5.97 Å². The molecule has 0 saturated carbocycles. The predicted octanol–water partition coefficient (Wildman–Crippen LogP) is 0.0292. The van der Waals surface area contributed by atoms with E-state index in [1.54, 1.807) is 13.1 Å². The molecule has 2 heterocycles. The van der Waals surface area contributed by atoms with Crippen molar-refractivity contribution in [3.8, 4) is 0 Å². The second-order valence-corrected chi connectivity index (χ2v) is 2.90. The maximum Gasteiger partial charge on any atom is 0.343 e. The summed E-state index contributed by atoms with van der Waals surface area (Å²) < 4.78 is 1.11. The molecule has 2 aromatic heterocycles. The molecule has 14 heavy (non-hydrogen) atoms. The number of carboxylic acid groups (broad SMARTS) is 1. The van der Waals surface area contributed by atoms with Gasteiger partial charge in [-0.1, -0.05) is 0 Å². The number of fused-ring (bicyclic) bond motifs is 1. The predicted molar refractivity (Wildman–Crippen MR) is 47.5 cm³/mol. The van der Waals surface area contributed by atoms with Crippen LogP contribution in [0.5, 0.6) is 0 Å². The lowest BCUT2D eigenvalue weighted by Crippen LogP contribution is -2.22. The zero-order valence-corrected chi connectivity index (χ0v) is 7.31. The highest BCUT2D eigenvalue weighted by Gasteiger charge is 2.12. The fourth-order valence-electron chi connectivity index (χ4n) is 1.23. The molecule has 0 aliphatic heterocycles. The Labute approximate surface area is 77.8 Å². The van der Waals surface area contributed by atoms with E-state index in [1.165, 1.54) is 0 Å². The molecule has 2 N–H and O–H groups in total. The molecule has 0 aliphatic carbocycles. The van der Waals surface area contributed by atoms with Crippen molar-refractivity contribution in [2.24, 2.45) is 0 Å². The number of aromatic carboxylic acids is 1. The third-order valence-corrected chi connectivity index (χ3v) is 1.95. The lowest BCUT2D eigenvalue weighted by molar-refractivity contribution is 0.0694. The summed E-state index contributed by atoms with van der Waals surface area (Å²) in [6, 6.07) is 0. The molecule has 0 spiro atoms. The number of aromatic amines is 1. The fraction of sp³-hybridized carbons (Fsp3) is 0.125. The fourth-order valence-corrected chi connectivity index (χ4v) is 1.23. The number of rotatable bonds is 1. The zero-order chi connectivity index (χ0) is 10.3. The highest BCUT2D eigenvalue weighted by molar-refractivity contribution is 5.86. The van der Waals surface area contributed by atoms with Crippen LogP contribution in [0.4, 0.5) is 0 Å². The van der Waals surface area contributed by atoms with E-state index in [0.717, 1.165) is 16.3 Å². The first-order chi connectivity index (χ1) is 6.61. The van der Waals surface area contributed by atoms with Gasteiger partial charge in [-0.05, 0) is 6.92 Å². The molecule has 6 heteroatoms. The maximum atomic E-state index is 11.5. The minimum Gasteiger partial charge on any atom is -0.477 e. The third-order valence-electron chi connectivity index (χ3n) is 1.95. The second-order valence-electron chi connectivity index (χ2n) is 2.90. The monoisotopic (exact) mass is 193 g/mol. The molecule has 0 saturated heterocycles. The van der Waals surface area contributed by atoms with Crippen LogP contribution < -0.4 is 5.56 Å². The quantitative estimate of drug-likeness (QED) is 0.668. The van der Waals surface area contributed by atoms with E-state index >= 15 is 0 Å². The molecule has 6 nitrogen and oxygen atoms in total. The van der Waals surface area contributed by atoms with Gasteiger partial charge in [0.25, 0.3) is 5.56 Å². The number of carboxylic acids is 1. The molecule has 0 aromatic carbocycles. The van der Waals surface area contributed by atoms with Crippen LogP contribution in [-0.2, 0) is 0 Å². The lowest BCUT2D eigenvalue weighted by atomic mass is 10.3. The van der Waals surface area contributed by atoms with E-state index in [-0.39, 0.29) is 5.56 Å². The van der Waals surface area contributed by atoms with Crippen LogP contribution >= 0.6 is 0 Å². The van der Waals surface area contributed by atoms with Crippen molar-refractivity contribution in [2.75, 3.05) is 0 Å². The van der Waals surface area contributed by atoms with E-state index in [0.29, 0.717) is 5.65 Å². The molecule has 0 bridgehead atoms. The highest BCUT2D eigenvalue weighted by Crippen LogP contribution is 2.02. The number of aromatic nitrogens is 3. The van der Waals surface area contributed by atoms with Crippen molar-refractivity contribution in [3.05, 3.63) is 33.9 Å². The summed E-state index contributed by atoms with van der Waals surface area (Å²) >= 11 is 0. The summed E-state index contributed by atoms with van der Waals surface area (Å²) in [4.78, 5) is 26.0. The van der Waals surface area contributed by atoms with Crippen molar-refractivity contribution in [1.82, 2.24) is 14.6 Å². The normalized spacial score (nSPS) is 10.6. The number of nitrogens with one attached hydrogen (secondary N) is 1. The standard InChI is InChI=1S/C8H7N3O3/c1-4-2-10-11-6(4)9-3-5(7(11)12)8(13)14/h2-3,10H,1H3,(H,13,14). The van der Waals surface area contributed by atoms with Crippen LogP contribution in [0, 0.1) is 6.92 Å². The Morgan fingerprint density at radius 3 is 3.00 bits per heavy atom. The summed E-state index contributed by atoms with van der Waals surface area (Å²) in [5, 5.41) is 11.3. The van der Waals surface area contributed by atoms with Crippen LogP contribution in [0.1, 0.15) is 15.9 Å². The van der Waals surface area contributed by atoms with Crippen LogP contribution in [0.2, 0.25) is 0 Å². The number of H-pyrrole nitrogens is 1. The molecular weight excluding hydrogens is 186 g/mol. The molecule has 72 valence electrons. The minimum absolute atomic E-state index is 0.343. The number of carbonyl (C=O) groups is 1. The first-order valence-electron chi connectivity index (χ1n) is 3.90. The van der Waals surface area contributed by atoms with Crippen LogP contribution in [-0.4, -0.2) is 25.7 Å². The zero-order valence-electron chi connectivity index (χ0n) is 7.31. The van der Waals surface area contributed by atoms with Gasteiger partial charge in [-0.2, -0.15) is 0 Å². The highest BCUT2D eigenvalue weighted by atomic mass is 16.4.